The van der Waals surface area contributed by atoms with Crippen LogP contribution in [0.15, 0.2) is 65.0 Å². The number of hydrogen-bond donors (Lipinski definition) is 3. The molecule has 1 unspecified atom stereocenters. The maximum atomic E-state index is 12.0. The first kappa shape index (κ1) is 18.4. The van der Waals surface area contributed by atoms with E-state index in [0.717, 1.165) is 0 Å². The van der Waals surface area contributed by atoms with Gasteiger partial charge in [-0.15, -0.1) is 0 Å². The Hall–Kier alpha value is -3.37. The summed E-state index contributed by atoms with van der Waals surface area (Å²) in [5.41, 5.74) is 1.82. The third-order valence-corrected chi connectivity index (χ3v) is 4.25. The smallest absolute Gasteiger partial charge is 0.247 e. The quantitative estimate of drug-likeness (QED) is 0.419. The predicted octanol–water partition coefficient (Wildman–Crippen LogP) is 2.81. The highest BCUT2D eigenvalue weighted by atomic mass is 32.2. The summed E-state index contributed by atoms with van der Waals surface area (Å²) in [6.45, 7) is 3.42. The van der Waals surface area contributed by atoms with Crippen LogP contribution in [-0.4, -0.2) is 31.8 Å². The van der Waals surface area contributed by atoms with Gasteiger partial charge in [0.15, 0.2) is 5.82 Å². The molecule has 1 amide bonds. The molecule has 138 valence electrons. The highest BCUT2D eigenvalue weighted by Gasteiger charge is 2.16. The number of hydrogen-bond acceptors (Lipinski definition) is 8. The van der Waals surface area contributed by atoms with Crippen LogP contribution in [0.4, 0.5) is 28.8 Å². The Morgan fingerprint density at radius 1 is 1.26 bits per heavy atom. The highest BCUT2D eigenvalue weighted by Crippen LogP contribution is 2.26. The van der Waals surface area contributed by atoms with Gasteiger partial charge >= 0.3 is 0 Å². The fourth-order valence-corrected chi connectivity index (χ4v) is 2.70. The van der Waals surface area contributed by atoms with E-state index < -0.39 is 11.2 Å². The second-order valence-electron chi connectivity index (χ2n) is 5.30. The number of rotatable bonds is 7. The van der Waals surface area contributed by atoms with E-state index in [-0.39, 0.29) is 11.9 Å². The molecule has 0 saturated heterocycles. The number of carbonyl (C=O) groups is 1. The summed E-state index contributed by atoms with van der Waals surface area (Å²) in [5, 5.41) is 12.3. The summed E-state index contributed by atoms with van der Waals surface area (Å²) in [7, 11) is 0. The van der Waals surface area contributed by atoms with Crippen LogP contribution < -0.4 is 16.0 Å². The average molecular weight is 384 g/mol. The zero-order valence-corrected chi connectivity index (χ0v) is 15.1. The highest BCUT2D eigenvalue weighted by molar-refractivity contribution is 7.90. The summed E-state index contributed by atoms with van der Waals surface area (Å²) >= 11 is -1.31. The van der Waals surface area contributed by atoms with Crippen LogP contribution in [-0.2, 0) is 16.0 Å². The number of carbonyl (C=O) groups excluding carboxylic acids is 1. The molecule has 1 aromatic carbocycles. The summed E-state index contributed by atoms with van der Waals surface area (Å²) in [5.74, 6) is 0.341. The Morgan fingerprint density at radius 3 is 2.78 bits per heavy atom. The molecule has 0 aliphatic rings. The minimum atomic E-state index is -1.31. The molecule has 0 bridgehead atoms. The van der Waals surface area contributed by atoms with Gasteiger partial charge < -0.3 is 25.0 Å². The van der Waals surface area contributed by atoms with Gasteiger partial charge in [0.2, 0.25) is 16.8 Å². The number of nitrogens with zero attached hydrogens (tertiary/aromatic N) is 3. The summed E-state index contributed by atoms with van der Waals surface area (Å²) in [6, 6.07) is 7.02. The molecule has 0 fully saturated rings. The molecule has 10 heteroatoms. The molecule has 3 N–H and O–H groups in total. The third kappa shape index (κ3) is 4.84. The fraction of sp³-hybridized carbons (Fsp3) is 0.0588. The summed E-state index contributed by atoms with van der Waals surface area (Å²) in [4.78, 5) is 20.4. The van der Waals surface area contributed by atoms with Crippen molar-refractivity contribution >= 4 is 45.9 Å². The van der Waals surface area contributed by atoms with Crippen molar-refractivity contribution in [3.05, 3.63) is 55.6 Å². The molecule has 3 rings (SSSR count). The molecular formula is C17H16N6O3S. The van der Waals surface area contributed by atoms with E-state index in [1.54, 1.807) is 24.3 Å². The van der Waals surface area contributed by atoms with E-state index in [4.69, 9.17) is 4.52 Å². The van der Waals surface area contributed by atoms with Gasteiger partial charge in [-0.1, -0.05) is 17.8 Å². The van der Waals surface area contributed by atoms with Crippen LogP contribution in [0.1, 0.15) is 0 Å². The monoisotopic (exact) mass is 384 g/mol. The number of nitrogens with one attached hydrogen (secondary N) is 3. The van der Waals surface area contributed by atoms with E-state index in [1.165, 1.54) is 31.0 Å². The second-order valence-corrected chi connectivity index (χ2v) is 6.65. The Morgan fingerprint density at radius 2 is 2.07 bits per heavy atom. The first-order valence-electron chi connectivity index (χ1n) is 7.72. The molecule has 0 aliphatic heterocycles. The van der Waals surface area contributed by atoms with Crippen molar-refractivity contribution < 1.29 is 13.9 Å². The van der Waals surface area contributed by atoms with Gasteiger partial charge in [-0.3, -0.25) is 4.79 Å². The van der Waals surface area contributed by atoms with E-state index in [1.807, 2.05) is 0 Å². The lowest BCUT2D eigenvalue weighted by Crippen LogP contribution is -2.09. The van der Waals surface area contributed by atoms with Gasteiger partial charge in [0.05, 0.1) is 12.4 Å². The van der Waals surface area contributed by atoms with Crippen molar-refractivity contribution in [3.63, 3.8) is 0 Å². The molecular weight excluding hydrogens is 368 g/mol. The molecule has 3 aromatic rings. The number of amides is 1. The van der Waals surface area contributed by atoms with Crippen LogP contribution in [0.2, 0.25) is 0 Å². The largest absolute Gasteiger partial charge is 0.612 e. The van der Waals surface area contributed by atoms with Crippen LogP contribution >= 0.6 is 0 Å². The topological polar surface area (TPSA) is 128 Å². The lowest BCUT2D eigenvalue weighted by molar-refractivity contribution is -0.111. The van der Waals surface area contributed by atoms with E-state index in [9.17, 15) is 9.35 Å². The van der Waals surface area contributed by atoms with Crippen molar-refractivity contribution in [2.75, 3.05) is 22.2 Å². The molecule has 0 radical (unpaired) electrons. The van der Waals surface area contributed by atoms with Gasteiger partial charge in [0.1, 0.15) is 18.2 Å². The van der Waals surface area contributed by atoms with Crippen LogP contribution in [0.5, 0.6) is 0 Å². The van der Waals surface area contributed by atoms with E-state index in [2.05, 4.69) is 37.7 Å². The van der Waals surface area contributed by atoms with Gasteiger partial charge in [-0.05, 0) is 35.5 Å². The summed E-state index contributed by atoms with van der Waals surface area (Å²) in [6.07, 6.45) is 7.09. The molecule has 2 heterocycles. The van der Waals surface area contributed by atoms with Crippen molar-refractivity contribution in [1.29, 1.82) is 0 Å². The third-order valence-electron chi connectivity index (χ3n) is 3.33. The van der Waals surface area contributed by atoms with Gasteiger partial charge in [-0.25, -0.2) is 4.98 Å². The van der Waals surface area contributed by atoms with Crippen molar-refractivity contribution in [2.24, 2.45) is 0 Å². The zero-order chi connectivity index (χ0) is 19.2. The Balaban J connectivity index is 1.86. The molecule has 0 spiro atoms. The molecule has 0 aliphatic carbocycles. The molecule has 27 heavy (non-hydrogen) atoms. The maximum Gasteiger partial charge on any atom is 0.247 e. The average Bonchev–Trinajstić information content (AvgIpc) is 3.15. The Bertz CT molecular complexity index is 946. The van der Waals surface area contributed by atoms with Crippen molar-refractivity contribution in [3.8, 4) is 0 Å². The van der Waals surface area contributed by atoms with Crippen molar-refractivity contribution in [1.82, 2.24) is 15.1 Å². The predicted molar refractivity (Wildman–Crippen MR) is 103 cm³/mol. The molecule has 1 atom stereocenters. The standard InChI is InChI=1S/C17H16N6O3S/c1-3-15(24)20-11-5-4-6-12(7-11)21-16-14(27(2)25)9-18-17(23-16)22-13-8-19-26-10-13/h3-10H,1H2,2H3,(H,20,24)(H2,18,21,22,23). The second kappa shape index (κ2) is 8.34. The van der Waals surface area contributed by atoms with Gasteiger partial charge in [0.25, 0.3) is 0 Å². The van der Waals surface area contributed by atoms with Crippen LogP contribution in [0.25, 0.3) is 0 Å². The molecule has 2 aromatic heterocycles. The minimum absolute atomic E-state index is 0.283. The first-order chi connectivity index (χ1) is 13.0. The Labute approximate surface area is 158 Å². The normalized spacial score (nSPS) is 11.5. The van der Waals surface area contributed by atoms with E-state index in [0.29, 0.717) is 27.8 Å². The van der Waals surface area contributed by atoms with Gasteiger partial charge in [-0.2, -0.15) is 4.98 Å². The Kier molecular flexibility index (Phi) is 5.69. The lowest BCUT2D eigenvalue weighted by atomic mass is 10.2. The van der Waals surface area contributed by atoms with Crippen LogP contribution in [0, 0.1) is 0 Å². The lowest BCUT2D eigenvalue weighted by Gasteiger charge is -2.13. The molecule has 0 saturated carbocycles. The summed E-state index contributed by atoms with van der Waals surface area (Å²) < 4.78 is 16.8. The van der Waals surface area contributed by atoms with Crippen LogP contribution in [0.3, 0.4) is 0 Å². The molecule has 9 nitrogen and oxygen atoms in total. The SMILES string of the molecule is C=CC(=O)Nc1cccc(Nc2nc(Nc3cnoc3)ncc2[S+](C)[O-])c1. The minimum Gasteiger partial charge on any atom is -0.612 e. The first-order valence-corrected chi connectivity index (χ1v) is 9.28. The number of aromatic nitrogens is 3. The number of anilines is 5. The van der Waals surface area contributed by atoms with Gasteiger partial charge in [0, 0.05) is 11.4 Å². The number of benzene rings is 1. The fourth-order valence-electron chi connectivity index (χ4n) is 2.13. The van der Waals surface area contributed by atoms with Crippen molar-refractivity contribution in [2.45, 2.75) is 4.90 Å². The maximum absolute atomic E-state index is 12.0. The van der Waals surface area contributed by atoms with E-state index >= 15 is 0 Å². The zero-order valence-electron chi connectivity index (χ0n) is 14.3.